The number of esters is 1. The molecule has 2 aromatic carbocycles. The van der Waals surface area contributed by atoms with Crippen LogP contribution in [0.15, 0.2) is 42.5 Å². The van der Waals surface area contributed by atoms with Gasteiger partial charge in [-0.2, -0.15) is 0 Å². The first kappa shape index (κ1) is 14.9. The van der Waals surface area contributed by atoms with Gasteiger partial charge in [0.2, 0.25) is 0 Å². The summed E-state index contributed by atoms with van der Waals surface area (Å²) in [5.74, 6) is -1.59. The first-order valence-electron chi connectivity index (χ1n) is 6.02. The topological polar surface area (TPSA) is 89.6 Å². The molecule has 0 aliphatic heterocycles. The molecule has 3 N–H and O–H groups in total. The van der Waals surface area contributed by atoms with E-state index in [9.17, 15) is 9.59 Å². The summed E-state index contributed by atoms with van der Waals surface area (Å²) in [4.78, 5) is 22.6. The number of para-hydroxylation sites is 1. The molecule has 108 valence electrons. The lowest BCUT2D eigenvalue weighted by molar-refractivity contribution is 0.0473. The number of rotatable bonds is 4. The molecule has 0 spiro atoms. The second-order valence-electron chi connectivity index (χ2n) is 4.28. The van der Waals surface area contributed by atoms with Crippen molar-refractivity contribution in [2.45, 2.75) is 6.61 Å². The average molecular weight is 306 g/mol. The molecule has 0 aliphatic rings. The Morgan fingerprint density at radius 2 is 1.81 bits per heavy atom. The highest BCUT2D eigenvalue weighted by Gasteiger charge is 2.13. The minimum absolute atomic E-state index is 0.0185. The van der Waals surface area contributed by atoms with Gasteiger partial charge >= 0.3 is 11.9 Å². The molecule has 6 heteroatoms. The second kappa shape index (κ2) is 6.28. The molecule has 0 radical (unpaired) electrons. The van der Waals surface area contributed by atoms with Crippen LogP contribution in [0.1, 0.15) is 26.3 Å². The zero-order chi connectivity index (χ0) is 15.4. The van der Waals surface area contributed by atoms with Crippen LogP contribution in [0.2, 0.25) is 5.02 Å². The lowest BCUT2D eigenvalue weighted by Crippen LogP contribution is -2.08. The van der Waals surface area contributed by atoms with Gasteiger partial charge < -0.3 is 15.6 Å². The Morgan fingerprint density at radius 3 is 2.43 bits per heavy atom. The molecule has 0 saturated heterocycles. The van der Waals surface area contributed by atoms with Crippen LogP contribution in [-0.2, 0) is 11.3 Å². The third-order valence-corrected chi connectivity index (χ3v) is 3.17. The van der Waals surface area contributed by atoms with Gasteiger partial charge in [0.15, 0.2) is 0 Å². The number of benzene rings is 2. The molecule has 2 rings (SSSR count). The molecular weight excluding hydrogens is 294 g/mol. The summed E-state index contributed by atoms with van der Waals surface area (Å²) in [5, 5.41) is 9.07. The highest BCUT2D eigenvalue weighted by atomic mass is 35.5. The monoisotopic (exact) mass is 305 g/mol. The van der Waals surface area contributed by atoms with E-state index in [0.717, 1.165) is 0 Å². The zero-order valence-electron chi connectivity index (χ0n) is 10.9. The van der Waals surface area contributed by atoms with E-state index in [1.54, 1.807) is 24.3 Å². The van der Waals surface area contributed by atoms with Gasteiger partial charge in [-0.3, -0.25) is 0 Å². The fourth-order valence-corrected chi connectivity index (χ4v) is 1.86. The number of nitrogens with two attached hydrogens (primary N) is 1. The molecule has 0 heterocycles. The molecule has 0 atom stereocenters. The molecule has 0 aliphatic carbocycles. The van der Waals surface area contributed by atoms with Gasteiger partial charge in [0.1, 0.15) is 6.61 Å². The number of hydrogen-bond acceptors (Lipinski definition) is 4. The van der Waals surface area contributed by atoms with E-state index in [4.69, 9.17) is 27.2 Å². The van der Waals surface area contributed by atoms with Gasteiger partial charge in [0.05, 0.1) is 21.8 Å². The van der Waals surface area contributed by atoms with Crippen LogP contribution in [0.25, 0.3) is 0 Å². The van der Waals surface area contributed by atoms with Crippen molar-refractivity contribution in [1.29, 1.82) is 0 Å². The van der Waals surface area contributed by atoms with E-state index >= 15 is 0 Å². The van der Waals surface area contributed by atoms with Gasteiger partial charge in [-0.1, -0.05) is 29.8 Å². The number of carbonyl (C=O) groups is 2. The van der Waals surface area contributed by atoms with Crippen LogP contribution in [0.5, 0.6) is 0 Å². The zero-order valence-corrected chi connectivity index (χ0v) is 11.6. The number of anilines is 1. The molecule has 0 bridgehead atoms. The minimum Gasteiger partial charge on any atom is -0.478 e. The average Bonchev–Trinajstić information content (AvgIpc) is 2.48. The highest BCUT2D eigenvalue weighted by molar-refractivity contribution is 6.33. The maximum absolute atomic E-state index is 11.9. The van der Waals surface area contributed by atoms with E-state index in [-0.39, 0.29) is 28.4 Å². The van der Waals surface area contributed by atoms with Crippen molar-refractivity contribution < 1.29 is 19.4 Å². The smallest absolute Gasteiger partial charge is 0.340 e. The van der Waals surface area contributed by atoms with Crippen molar-refractivity contribution in [2.75, 3.05) is 5.73 Å². The van der Waals surface area contributed by atoms with E-state index in [1.165, 1.54) is 18.2 Å². The van der Waals surface area contributed by atoms with Crippen molar-refractivity contribution in [1.82, 2.24) is 0 Å². The number of carbonyl (C=O) groups excluding carboxylic acids is 1. The quantitative estimate of drug-likeness (QED) is 0.669. The normalized spacial score (nSPS) is 10.1. The van der Waals surface area contributed by atoms with Gasteiger partial charge in [-0.25, -0.2) is 9.59 Å². The summed E-state index contributed by atoms with van der Waals surface area (Å²) >= 11 is 5.83. The van der Waals surface area contributed by atoms with Crippen LogP contribution in [0.4, 0.5) is 5.69 Å². The van der Waals surface area contributed by atoms with Gasteiger partial charge in [-0.05, 0) is 29.8 Å². The van der Waals surface area contributed by atoms with Gasteiger partial charge in [-0.15, -0.1) is 0 Å². The Hall–Kier alpha value is -2.53. The second-order valence-corrected chi connectivity index (χ2v) is 4.69. The number of halogens is 1. The molecule has 2 aromatic rings. The van der Waals surface area contributed by atoms with E-state index in [2.05, 4.69) is 0 Å². The van der Waals surface area contributed by atoms with Crippen molar-refractivity contribution >= 4 is 29.2 Å². The number of carboxylic acids is 1. The third kappa shape index (κ3) is 3.52. The summed E-state index contributed by atoms with van der Waals surface area (Å²) in [6, 6.07) is 10.8. The third-order valence-electron chi connectivity index (χ3n) is 2.84. The Morgan fingerprint density at radius 1 is 1.14 bits per heavy atom. The van der Waals surface area contributed by atoms with Gasteiger partial charge in [0.25, 0.3) is 0 Å². The first-order chi connectivity index (χ1) is 9.99. The SMILES string of the molecule is Nc1c(Cl)cccc1C(=O)OCc1ccc(C(=O)O)cc1. The van der Waals surface area contributed by atoms with Crippen LogP contribution in [-0.4, -0.2) is 17.0 Å². The highest BCUT2D eigenvalue weighted by Crippen LogP contribution is 2.23. The molecule has 0 fully saturated rings. The van der Waals surface area contributed by atoms with Crippen LogP contribution >= 0.6 is 11.6 Å². The summed E-state index contributed by atoms with van der Waals surface area (Å²) < 4.78 is 5.13. The Balaban J connectivity index is 2.04. The molecule has 0 saturated carbocycles. The fourth-order valence-electron chi connectivity index (χ4n) is 1.69. The van der Waals surface area contributed by atoms with E-state index < -0.39 is 11.9 Å². The van der Waals surface area contributed by atoms with Crippen molar-refractivity contribution in [3.8, 4) is 0 Å². The summed E-state index contributed by atoms with van der Waals surface area (Å²) in [6.45, 7) is 0.0185. The lowest BCUT2D eigenvalue weighted by atomic mass is 10.1. The van der Waals surface area contributed by atoms with Crippen LogP contribution in [0, 0.1) is 0 Å². The number of carboxylic acid groups (broad SMARTS) is 1. The molecule has 0 amide bonds. The number of aromatic carboxylic acids is 1. The maximum Gasteiger partial charge on any atom is 0.340 e. The predicted octanol–water partition coefficient (Wildman–Crippen LogP) is 2.98. The summed E-state index contributed by atoms with van der Waals surface area (Å²) in [6.07, 6.45) is 0. The van der Waals surface area contributed by atoms with Crippen LogP contribution in [0.3, 0.4) is 0 Å². The van der Waals surface area contributed by atoms with Gasteiger partial charge in [0, 0.05) is 0 Å². The molecular formula is C15H12ClNO4. The molecule has 0 aromatic heterocycles. The molecule has 0 unspecified atom stereocenters. The minimum atomic E-state index is -1.01. The van der Waals surface area contributed by atoms with E-state index in [0.29, 0.717) is 5.56 Å². The van der Waals surface area contributed by atoms with Crippen molar-refractivity contribution in [2.24, 2.45) is 0 Å². The molecule has 5 nitrogen and oxygen atoms in total. The standard InChI is InChI=1S/C15H12ClNO4/c16-12-3-1-2-11(13(12)17)15(20)21-8-9-4-6-10(7-5-9)14(18)19/h1-7H,8,17H2,(H,18,19). The number of hydrogen-bond donors (Lipinski definition) is 2. The van der Waals surface area contributed by atoms with Crippen molar-refractivity contribution in [3.05, 3.63) is 64.2 Å². The predicted molar refractivity (Wildman–Crippen MR) is 78.4 cm³/mol. The van der Waals surface area contributed by atoms with E-state index in [1.807, 2.05) is 0 Å². The van der Waals surface area contributed by atoms with Crippen molar-refractivity contribution in [3.63, 3.8) is 0 Å². The maximum atomic E-state index is 11.9. The first-order valence-corrected chi connectivity index (χ1v) is 6.40. The summed E-state index contributed by atoms with van der Waals surface area (Å²) in [7, 11) is 0. The number of nitrogen functional groups attached to an aromatic ring is 1. The molecule has 21 heavy (non-hydrogen) atoms. The largest absolute Gasteiger partial charge is 0.478 e. The summed E-state index contributed by atoms with van der Waals surface area (Å²) in [5.41, 5.74) is 6.92. The Kier molecular flexibility index (Phi) is 4.45. The number of ether oxygens (including phenoxy) is 1. The Labute approximate surface area is 125 Å². The Bertz CT molecular complexity index is 683. The van der Waals surface area contributed by atoms with Crippen LogP contribution < -0.4 is 5.73 Å². The lowest BCUT2D eigenvalue weighted by Gasteiger charge is -2.08. The fraction of sp³-hybridized carbons (Fsp3) is 0.0667.